The Kier molecular flexibility index (Phi) is 6.80. The van der Waals surface area contributed by atoms with Crippen molar-refractivity contribution in [3.05, 3.63) is 66.1 Å². The first-order valence-electron chi connectivity index (χ1n) is 9.61. The van der Waals surface area contributed by atoms with Crippen LogP contribution in [0.25, 0.3) is 10.9 Å². The van der Waals surface area contributed by atoms with Crippen LogP contribution in [0, 0.1) is 17.7 Å². The Morgan fingerprint density at radius 1 is 1.17 bits per heavy atom. The van der Waals surface area contributed by atoms with Crippen LogP contribution in [0.2, 0.25) is 0 Å². The predicted octanol–water partition coefficient (Wildman–Crippen LogP) is 5.22. The molecular formula is C24H23FN2O2. The number of hydrogen-bond acceptors (Lipinski definition) is 3. The van der Waals surface area contributed by atoms with E-state index in [2.05, 4.69) is 23.7 Å². The van der Waals surface area contributed by atoms with Crippen LogP contribution >= 0.6 is 0 Å². The molecule has 0 aliphatic rings. The molecule has 0 N–H and O–H groups in total. The fraction of sp³-hybridized carbons (Fsp3) is 0.250. The van der Waals surface area contributed by atoms with E-state index < -0.39 is 5.82 Å². The third-order valence-electron chi connectivity index (χ3n) is 4.54. The molecule has 4 nitrogen and oxygen atoms in total. The lowest BCUT2D eigenvalue weighted by atomic mass is 10.1. The molecule has 0 aliphatic carbocycles. The van der Waals surface area contributed by atoms with Crippen molar-refractivity contribution < 1.29 is 13.9 Å². The van der Waals surface area contributed by atoms with E-state index in [-0.39, 0.29) is 24.0 Å². The largest absolute Gasteiger partial charge is 0.478 e. The average Bonchev–Trinajstić information content (AvgIpc) is 2.76. The molecule has 3 aromatic rings. The SMILES string of the molecule is CCCCC#CCOc1cccc(N(C)C(=O)c2ccc3ncccc3c2)c1F. The molecule has 0 saturated carbocycles. The Bertz CT molecular complexity index is 1070. The summed E-state index contributed by atoms with van der Waals surface area (Å²) in [6.07, 6.45) is 4.63. The van der Waals surface area contributed by atoms with Crippen LogP contribution in [-0.4, -0.2) is 24.5 Å². The van der Waals surface area contributed by atoms with E-state index in [1.54, 1.807) is 43.6 Å². The monoisotopic (exact) mass is 390 g/mol. The summed E-state index contributed by atoms with van der Waals surface area (Å²) >= 11 is 0. The van der Waals surface area contributed by atoms with Crippen molar-refractivity contribution >= 4 is 22.5 Å². The van der Waals surface area contributed by atoms with Gasteiger partial charge in [-0.3, -0.25) is 9.78 Å². The molecule has 148 valence electrons. The number of carbonyl (C=O) groups excluding carboxylic acids is 1. The lowest BCUT2D eigenvalue weighted by Gasteiger charge is -2.19. The van der Waals surface area contributed by atoms with E-state index in [4.69, 9.17) is 4.74 Å². The van der Waals surface area contributed by atoms with Gasteiger partial charge in [0, 0.05) is 30.6 Å². The number of unbranched alkanes of at least 4 members (excludes halogenated alkanes) is 2. The number of aromatic nitrogens is 1. The van der Waals surface area contributed by atoms with Gasteiger partial charge in [0.1, 0.15) is 6.61 Å². The van der Waals surface area contributed by atoms with Crippen LogP contribution in [0.4, 0.5) is 10.1 Å². The summed E-state index contributed by atoms with van der Waals surface area (Å²) in [5.74, 6) is 5.07. The van der Waals surface area contributed by atoms with Crippen molar-refractivity contribution in [2.45, 2.75) is 26.2 Å². The maximum absolute atomic E-state index is 14.9. The summed E-state index contributed by atoms with van der Waals surface area (Å²) in [4.78, 5) is 18.4. The van der Waals surface area contributed by atoms with Gasteiger partial charge in [-0.1, -0.05) is 37.3 Å². The van der Waals surface area contributed by atoms with Crippen molar-refractivity contribution in [2.24, 2.45) is 0 Å². The van der Waals surface area contributed by atoms with Crippen LogP contribution < -0.4 is 9.64 Å². The second-order valence-corrected chi connectivity index (χ2v) is 6.61. The highest BCUT2D eigenvalue weighted by molar-refractivity contribution is 6.07. The van der Waals surface area contributed by atoms with Crippen LogP contribution in [0.3, 0.4) is 0 Å². The predicted molar refractivity (Wildman–Crippen MR) is 114 cm³/mol. The number of pyridine rings is 1. The Hall–Kier alpha value is -3.39. The minimum atomic E-state index is -0.582. The summed E-state index contributed by atoms with van der Waals surface area (Å²) < 4.78 is 20.4. The van der Waals surface area contributed by atoms with Crippen molar-refractivity contribution in [1.82, 2.24) is 4.98 Å². The molecule has 0 fully saturated rings. The Morgan fingerprint density at radius 3 is 2.86 bits per heavy atom. The Morgan fingerprint density at radius 2 is 2.03 bits per heavy atom. The van der Waals surface area contributed by atoms with Gasteiger partial charge in [0.15, 0.2) is 11.6 Å². The molecule has 0 atom stereocenters. The number of amides is 1. The number of hydrogen-bond donors (Lipinski definition) is 0. The lowest BCUT2D eigenvalue weighted by molar-refractivity contribution is 0.0992. The van der Waals surface area contributed by atoms with Gasteiger partial charge in [-0.05, 0) is 42.8 Å². The fourth-order valence-electron chi connectivity index (χ4n) is 2.90. The smallest absolute Gasteiger partial charge is 0.258 e. The van der Waals surface area contributed by atoms with E-state index >= 15 is 0 Å². The molecule has 0 spiro atoms. The number of nitrogens with zero attached hydrogens (tertiary/aromatic N) is 2. The molecule has 0 bridgehead atoms. The van der Waals surface area contributed by atoms with Crippen molar-refractivity contribution in [3.63, 3.8) is 0 Å². The molecule has 1 amide bonds. The minimum Gasteiger partial charge on any atom is -0.478 e. The van der Waals surface area contributed by atoms with Crippen molar-refractivity contribution in [1.29, 1.82) is 0 Å². The van der Waals surface area contributed by atoms with Gasteiger partial charge in [-0.2, -0.15) is 0 Å². The average molecular weight is 390 g/mol. The van der Waals surface area contributed by atoms with E-state index in [1.807, 2.05) is 12.1 Å². The van der Waals surface area contributed by atoms with E-state index in [0.29, 0.717) is 5.56 Å². The van der Waals surface area contributed by atoms with Gasteiger partial charge in [0.2, 0.25) is 0 Å². The number of benzene rings is 2. The number of ether oxygens (including phenoxy) is 1. The molecule has 1 aromatic heterocycles. The third kappa shape index (κ3) is 4.91. The van der Waals surface area contributed by atoms with Crippen molar-refractivity contribution in [3.8, 4) is 17.6 Å². The second-order valence-electron chi connectivity index (χ2n) is 6.61. The van der Waals surface area contributed by atoms with E-state index in [9.17, 15) is 9.18 Å². The molecule has 0 unspecified atom stereocenters. The molecule has 5 heteroatoms. The molecule has 0 saturated heterocycles. The molecule has 3 rings (SSSR count). The van der Waals surface area contributed by atoms with Crippen molar-refractivity contribution in [2.75, 3.05) is 18.6 Å². The van der Waals surface area contributed by atoms with Gasteiger partial charge in [0.25, 0.3) is 5.91 Å². The number of halogens is 1. The number of rotatable bonds is 6. The number of carbonyl (C=O) groups is 1. The zero-order valence-electron chi connectivity index (χ0n) is 16.6. The Balaban J connectivity index is 1.76. The maximum atomic E-state index is 14.9. The summed E-state index contributed by atoms with van der Waals surface area (Å²) in [6, 6.07) is 13.7. The molecule has 2 aromatic carbocycles. The fourth-order valence-corrected chi connectivity index (χ4v) is 2.90. The topological polar surface area (TPSA) is 42.4 Å². The highest BCUT2D eigenvalue weighted by Gasteiger charge is 2.19. The first-order valence-corrected chi connectivity index (χ1v) is 9.61. The first-order chi connectivity index (χ1) is 14.1. The zero-order chi connectivity index (χ0) is 20.6. The standard InChI is InChI=1S/C24H23FN2O2/c1-3-4-5-6-7-16-29-22-12-8-11-21(23(22)25)27(2)24(28)19-13-14-20-18(17-19)10-9-15-26-20/h8-15,17H,3-5,16H2,1-2H3. The van der Waals surface area contributed by atoms with Crippen LogP contribution in [0.1, 0.15) is 36.5 Å². The molecule has 0 radical (unpaired) electrons. The van der Waals surface area contributed by atoms with Gasteiger partial charge in [0.05, 0.1) is 11.2 Å². The van der Waals surface area contributed by atoms with Crippen LogP contribution in [0.5, 0.6) is 5.75 Å². The van der Waals surface area contributed by atoms with E-state index in [0.717, 1.165) is 30.2 Å². The van der Waals surface area contributed by atoms with Crippen LogP contribution in [-0.2, 0) is 0 Å². The van der Waals surface area contributed by atoms with Gasteiger partial charge >= 0.3 is 0 Å². The van der Waals surface area contributed by atoms with Gasteiger partial charge in [-0.15, -0.1) is 0 Å². The zero-order valence-corrected chi connectivity index (χ0v) is 16.6. The quantitative estimate of drug-likeness (QED) is 0.428. The summed E-state index contributed by atoms with van der Waals surface area (Å²) in [5.41, 5.74) is 1.41. The molecular weight excluding hydrogens is 367 g/mol. The molecule has 29 heavy (non-hydrogen) atoms. The summed E-state index contributed by atoms with van der Waals surface area (Å²) in [5, 5.41) is 0.853. The first kappa shape index (κ1) is 20.3. The number of anilines is 1. The number of fused-ring (bicyclic) bond motifs is 1. The van der Waals surface area contributed by atoms with Gasteiger partial charge in [-0.25, -0.2) is 4.39 Å². The molecule has 0 aliphatic heterocycles. The van der Waals surface area contributed by atoms with E-state index in [1.165, 1.54) is 11.0 Å². The highest BCUT2D eigenvalue weighted by Crippen LogP contribution is 2.28. The minimum absolute atomic E-state index is 0.0784. The Labute approximate surface area is 170 Å². The summed E-state index contributed by atoms with van der Waals surface area (Å²) in [6.45, 7) is 2.21. The molecule has 1 heterocycles. The third-order valence-corrected chi connectivity index (χ3v) is 4.54. The lowest BCUT2D eigenvalue weighted by Crippen LogP contribution is -2.27. The maximum Gasteiger partial charge on any atom is 0.258 e. The second kappa shape index (κ2) is 9.70. The highest BCUT2D eigenvalue weighted by atomic mass is 19.1. The van der Waals surface area contributed by atoms with Crippen LogP contribution in [0.15, 0.2) is 54.7 Å². The summed E-state index contributed by atoms with van der Waals surface area (Å²) in [7, 11) is 1.54. The van der Waals surface area contributed by atoms with Gasteiger partial charge < -0.3 is 9.64 Å². The normalized spacial score (nSPS) is 10.3.